The fourth-order valence-electron chi connectivity index (χ4n) is 1.11. The summed E-state index contributed by atoms with van der Waals surface area (Å²) in [5, 5.41) is 0.319. The van der Waals surface area contributed by atoms with Crippen molar-refractivity contribution >= 4 is 8.32 Å². The molecule has 1 atom stereocenters. The van der Waals surface area contributed by atoms with Crippen molar-refractivity contribution in [3.8, 4) is 11.8 Å². The number of hydrogen-bond acceptors (Lipinski definition) is 1. The molecule has 0 aromatic rings. The average Bonchev–Trinajstić information content (AvgIpc) is 2.12. The molecule has 0 rings (SSSR count). The third kappa shape index (κ3) is 5.72. The van der Waals surface area contributed by atoms with Gasteiger partial charge < -0.3 is 4.43 Å². The first kappa shape index (κ1) is 15.7. The molecule has 0 saturated carbocycles. The van der Waals surface area contributed by atoms with Gasteiger partial charge in [0.2, 0.25) is 0 Å². The average molecular weight is 240 g/mol. The van der Waals surface area contributed by atoms with Gasteiger partial charge in [0.1, 0.15) is 0 Å². The van der Waals surface area contributed by atoms with E-state index in [-0.39, 0.29) is 0 Å². The van der Waals surface area contributed by atoms with Gasteiger partial charge in [0.25, 0.3) is 0 Å². The lowest BCUT2D eigenvalue weighted by Crippen LogP contribution is -2.41. The highest BCUT2D eigenvalue weighted by Crippen LogP contribution is 2.36. The SMILES string of the molecule is CC#CC[C@H](C)CCO[Si](C)(C)C(C)(C)C. The van der Waals surface area contributed by atoms with Crippen molar-refractivity contribution in [1.82, 2.24) is 0 Å². The van der Waals surface area contributed by atoms with Gasteiger partial charge in [-0.25, -0.2) is 0 Å². The zero-order chi connectivity index (χ0) is 12.8. The van der Waals surface area contributed by atoms with Crippen LogP contribution in [0.4, 0.5) is 0 Å². The van der Waals surface area contributed by atoms with Crippen LogP contribution in [0.25, 0.3) is 0 Å². The quantitative estimate of drug-likeness (QED) is 0.509. The van der Waals surface area contributed by atoms with Crippen LogP contribution in [0.15, 0.2) is 0 Å². The lowest BCUT2D eigenvalue weighted by molar-refractivity contribution is 0.261. The van der Waals surface area contributed by atoms with Crippen LogP contribution in [0.2, 0.25) is 18.1 Å². The molecule has 0 bridgehead atoms. The van der Waals surface area contributed by atoms with Crippen LogP contribution in [0.1, 0.15) is 47.5 Å². The van der Waals surface area contributed by atoms with E-state index < -0.39 is 8.32 Å². The molecule has 0 spiro atoms. The van der Waals surface area contributed by atoms with Crippen LogP contribution in [0, 0.1) is 17.8 Å². The Bertz CT molecular complexity index is 252. The van der Waals surface area contributed by atoms with Crippen LogP contribution in [0.5, 0.6) is 0 Å². The van der Waals surface area contributed by atoms with E-state index >= 15 is 0 Å². The molecular formula is C14H28OSi. The summed E-state index contributed by atoms with van der Waals surface area (Å²) < 4.78 is 6.14. The minimum absolute atomic E-state index is 0.319. The van der Waals surface area contributed by atoms with E-state index in [1.807, 2.05) is 6.92 Å². The minimum atomic E-state index is -1.54. The summed E-state index contributed by atoms with van der Waals surface area (Å²) in [6.45, 7) is 16.5. The van der Waals surface area contributed by atoms with E-state index in [4.69, 9.17) is 4.43 Å². The van der Waals surface area contributed by atoms with E-state index in [9.17, 15) is 0 Å². The predicted octanol–water partition coefficient (Wildman–Crippen LogP) is 4.45. The molecule has 16 heavy (non-hydrogen) atoms. The van der Waals surface area contributed by atoms with Crippen molar-refractivity contribution in [1.29, 1.82) is 0 Å². The van der Waals surface area contributed by atoms with Gasteiger partial charge in [0, 0.05) is 13.0 Å². The molecule has 0 fully saturated rings. The predicted molar refractivity (Wildman–Crippen MR) is 75.0 cm³/mol. The monoisotopic (exact) mass is 240 g/mol. The Balaban J connectivity index is 3.93. The van der Waals surface area contributed by atoms with E-state index in [0.717, 1.165) is 19.4 Å². The van der Waals surface area contributed by atoms with Crippen LogP contribution in [-0.4, -0.2) is 14.9 Å². The number of rotatable bonds is 5. The molecule has 2 heteroatoms. The van der Waals surface area contributed by atoms with Crippen molar-refractivity contribution in [2.75, 3.05) is 6.61 Å². The van der Waals surface area contributed by atoms with Crippen molar-refractivity contribution in [3.05, 3.63) is 0 Å². The van der Waals surface area contributed by atoms with E-state index in [1.165, 1.54) is 0 Å². The van der Waals surface area contributed by atoms with E-state index in [0.29, 0.717) is 11.0 Å². The van der Waals surface area contributed by atoms with Gasteiger partial charge in [-0.3, -0.25) is 0 Å². The molecule has 0 amide bonds. The topological polar surface area (TPSA) is 9.23 Å². The smallest absolute Gasteiger partial charge is 0.191 e. The minimum Gasteiger partial charge on any atom is -0.417 e. The Morgan fingerprint density at radius 2 is 1.81 bits per heavy atom. The third-order valence-electron chi connectivity index (χ3n) is 3.51. The van der Waals surface area contributed by atoms with Gasteiger partial charge in [0.15, 0.2) is 8.32 Å². The Kier molecular flexibility index (Phi) is 6.36. The second kappa shape index (κ2) is 6.47. The molecule has 1 nitrogen and oxygen atoms in total. The molecule has 0 unspecified atom stereocenters. The summed E-state index contributed by atoms with van der Waals surface area (Å²) in [5.74, 6) is 6.73. The first-order valence-electron chi connectivity index (χ1n) is 6.24. The standard InChI is InChI=1S/C14H28OSi/c1-8-9-10-13(2)11-12-15-16(6,7)14(3,4)5/h13H,10-12H2,1-7H3/t13-/m0/s1. The lowest BCUT2D eigenvalue weighted by atomic mass is 10.1. The van der Waals surface area contributed by atoms with Gasteiger partial charge in [0.05, 0.1) is 0 Å². The van der Waals surface area contributed by atoms with Gasteiger partial charge in [-0.1, -0.05) is 27.7 Å². The molecule has 0 heterocycles. The summed E-state index contributed by atoms with van der Waals surface area (Å²) in [4.78, 5) is 0. The summed E-state index contributed by atoms with van der Waals surface area (Å²) in [7, 11) is -1.54. The molecule has 0 aliphatic carbocycles. The highest BCUT2D eigenvalue weighted by atomic mass is 28.4. The molecule has 0 aromatic carbocycles. The largest absolute Gasteiger partial charge is 0.417 e. The normalized spacial score (nSPS) is 14.2. The Labute approximate surface area is 103 Å². The molecule has 0 aliphatic rings. The van der Waals surface area contributed by atoms with Gasteiger partial charge in [-0.2, -0.15) is 0 Å². The molecule has 0 radical (unpaired) electrons. The summed E-state index contributed by atoms with van der Waals surface area (Å²) in [6, 6.07) is 0. The van der Waals surface area contributed by atoms with Crippen LogP contribution < -0.4 is 0 Å². The van der Waals surface area contributed by atoms with Gasteiger partial charge in [-0.15, -0.1) is 11.8 Å². The highest BCUT2D eigenvalue weighted by molar-refractivity contribution is 6.74. The molecular weight excluding hydrogens is 212 g/mol. The lowest BCUT2D eigenvalue weighted by Gasteiger charge is -2.36. The van der Waals surface area contributed by atoms with Crippen molar-refractivity contribution < 1.29 is 4.43 Å². The highest BCUT2D eigenvalue weighted by Gasteiger charge is 2.36. The fraction of sp³-hybridized carbons (Fsp3) is 0.857. The van der Waals surface area contributed by atoms with Crippen LogP contribution in [0.3, 0.4) is 0 Å². The second-order valence-electron chi connectivity index (χ2n) is 6.13. The first-order valence-corrected chi connectivity index (χ1v) is 9.15. The van der Waals surface area contributed by atoms with Crippen LogP contribution >= 0.6 is 0 Å². The number of hydrogen-bond donors (Lipinski definition) is 0. The molecule has 0 aromatic heterocycles. The van der Waals surface area contributed by atoms with E-state index in [1.54, 1.807) is 0 Å². The zero-order valence-corrected chi connectivity index (χ0v) is 13.1. The Morgan fingerprint density at radius 1 is 1.25 bits per heavy atom. The summed E-state index contributed by atoms with van der Waals surface area (Å²) in [5.41, 5.74) is 0. The van der Waals surface area contributed by atoms with Crippen molar-refractivity contribution in [3.63, 3.8) is 0 Å². The van der Waals surface area contributed by atoms with E-state index in [2.05, 4.69) is 52.6 Å². The first-order chi connectivity index (χ1) is 7.20. The second-order valence-corrected chi connectivity index (χ2v) is 10.9. The van der Waals surface area contributed by atoms with Crippen molar-refractivity contribution in [2.24, 2.45) is 5.92 Å². The summed E-state index contributed by atoms with van der Waals surface area (Å²) in [6.07, 6.45) is 2.12. The molecule has 0 saturated heterocycles. The fourth-order valence-corrected chi connectivity index (χ4v) is 2.17. The third-order valence-corrected chi connectivity index (χ3v) is 8.05. The molecule has 0 aliphatic heterocycles. The summed E-state index contributed by atoms with van der Waals surface area (Å²) >= 11 is 0. The van der Waals surface area contributed by atoms with Crippen molar-refractivity contribution in [2.45, 2.75) is 65.6 Å². The Hall–Kier alpha value is -0.263. The van der Waals surface area contributed by atoms with Gasteiger partial charge >= 0.3 is 0 Å². The maximum atomic E-state index is 6.14. The Morgan fingerprint density at radius 3 is 2.25 bits per heavy atom. The zero-order valence-electron chi connectivity index (χ0n) is 12.1. The molecule has 94 valence electrons. The maximum absolute atomic E-state index is 6.14. The van der Waals surface area contributed by atoms with Gasteiger partial charge in [-0.05, 0) is 37.4 Å². The molecule has 0 N–H and O–H groups in total. The van der Waals surface area contributed by atoms with Crippen LogP contribution in [-0.2, 0) is 4.43 Å². The maximum Gasteiger partial charge on any atom is 0.191 e.